The second-order valence-corrected chi connectivity index (χ2v) is 6.07. The van der Waals surface area contributed by atoms with Crippen LogP contribution in [-0.2, 0) is 4.74 Å². The zero-order valence-corrected chi connectivity index (χ0v) is 14.2. The van der Waals surface area contributed by atoms with Gasteiger partial charge in [-0.1, -0.05) is 0 Å². The highest BCUT2D eigenvalue weighted by Gasteiger charge is 2.22. The van der Waals surface area contributed by atoms with E-state index < -0.39 is 5.97 Å². The van der Waals surface area contributed by atoms with Gasteiger partial charge in [-0.05, 0) is 33.9 Å². The van der Waals surface area contributed by atoms with E-state index in [0.717, 1.165) is 24.5 Å². The van der Waals surface area contributed by atoms with Gasteiger partial charge in [0.05, 0.1) is 14.2 Å². The first-order valence-corrected chi connectivity index (χ1v) is 7.72. The van der Waals surface area contributed by atoms with Crippen LogP contribution in [0.15, 0.2) is 0 Å². The van der Waals surface area contributed by atoms with E-state index in [-0.39, 0.29) is 0 Å². The van der Waals surface area contributed by atoms with Crippen molar-refractivity contribution in [3.63, 3.8) is 0 Å². The van der Waals surface area contributed by atoms with Crippen molar-refractivity contribution >= 4 is 28.0 Å². The summed E-state index contributed by atoms with van der Waals surface area (Å²) < 4.78 is 9.99. The van der Waals surface area contributed by atoms with Crippen molar-refractivity contribution in [2.75, 3.05) is 45.4 Å². The lowest BCUT2D eigenvalue weighted by atomic mass is 10.3. The molecule has 1 aromatic rings. The van der Waals surface area contributed by atoms with Gasteiger partial charge in [0.15, 0.2) is 5.75 Å². The molecule has 6 nitrogen and oxygen atoms in total. The third-order valence-corrected chi connectivity index (χ3v) is 4.45. The molecule has 1 rings (SSSR count). The summed E-state index contributed by atoms with van der Waals surface area (Å²) in [4.78, 5) is 14.3. The van der Waals surface area contributed by atoms with Gasteiger partial charge in [-0.25, -0.2) is 4.79 Å². The fraction of sp³-hybridized carbons (Fsp3) is 0.643. The second kappa shape index (κ2) is 8.09. The van der Waals surface area contributed by atoms with E-state index in [4.69, 9.17) is 15.2 Å². The van der Waals surface area contributed by atoms with Crippen LogP contribution in [0.3, 0.4) is 0 Å². The first kappa shape index (κ1) is 17.6. The van der Waals surface area contributed by atoms with Crippen molar-refractivity contribution in [1.29, 1.82) is 0 Å². The fourth-order valence-corrected chi connectivity index (χ4v) is 2.81. The van der Waals surface area contributed by atoms with Crippen molar-refractivity contribution in [3.05, 3.63) is 4.88 Å². The van der Waals surface area contributed by atoms with Crippen LogP contribution in [0.4, 0.5) is 10.7 Å². The lowest BCUT2D eigenvalue weighted by Crippen LogP contribution is -2.28. The molecule has 0 fully saturated rings. The van der Waals surface area contributed by atoms with Gasteiger partial charge in [0, 0.05) is 12.6 Å². The van der Waals surface area contributed by atoms with Gasteiger partial charge in [-0.3, -0.25) is 0 Å². The van der Waals surface area contributed by atoms with Crippen LogP contribution in [0, 0.1) is 0 Å². The number of rotatable bonds is 8. The van der Waals surface area contributed by atoms with Crippen molar-refractivity contribution in [2.24, 2.45) is 0 Å². The molecule has 0 aliphatic rings. The van der Waals surface area contributed by atoms with Crippen LogP contribution < -0.4 is 15.8 Å². The summed E-state index contributed by atoms with van der Waals surface area (Å²) in [6.45, 7) is 6.11. The number of nitrogens with one attached hydrogen (secondary N) is 1. The van der Waals surface area contributed by atoms with Crippen LogP contribution in [0.2, 0.25) is 0 Å². The van der Waals surface area contributed by atoms with Gasteiger partial charge >= 0.3 is 5.97 Å². The van der Waals surface area contributed by atoms with Crippen LogP contribution in [0.25, 0.3) is 0 Å². The molecule has 7 heteroatoms. The third kappa shape index (κ3) is 4.50. The Morgan fingerprint density at radius 1 is 1.43 bits per heavy atom. The smallest absolute Gasteiger partial charge is 0.350 e. The summed E-state index contributed by atoms with van der Waals surface area (Å²) in [6, 6.07) is 0.530. The van der Waals surface area contributed by atoms with E-state index >= 15 is 0 Å². The molecule has 0 unspecified atom stereocenters. The van der Waals surface area contributed by atoms with E-state index in [2.05, 4.69) is 31.1 Å². The molecule has 0 aliphatic carbocycles. The molecule has 0 saturated heterocycles. The first-order valence-electron chi connectivity index (χ1n) is 6.91. The van der Waals surface area contributed by atoms with Crippen LogP contribution in [0.5, 0.6) is 5.75 Å². The second-order valence-electron chi connectivity index (χ2n) is 5.05. The molecular formula is C14H25N3O3S. The minimum atomic E-state index is -0.441. The average Bonchev–Trinajstić information content (AvgIpc) is 2.78. The number of nitrogen functional groups attached to an aromatic ring is 1. The van der Waals surface area contributed by atoms with Crippen LogP contribution in [-0.4, -0.2) is 51.3 Å². The standard InChI is InChI=1S/C14H25N3O3S/c1-9(2)17(3)8-6-7-16-13-11(19-4)10(15)12(21-13)14(18)20-5/h9,16H,6-8,15H2,1-5H3. The number of carbonyl (C=O) groups excluding carboxylic acids is 1. The number of hydrogen-bond donors (Lipinski definition) is 2. The minimum absolute atomic E-state index is 0.330. The number of thiophene rings is 1. The average molecular weight is 315 g/mol. The predicted octanol–water partition coefficient (Wildman–Crippen LogP) is 2.27. The predicted molar refractivity (Wildman–Crippen MR) is 87.5 cm³/mol. The Labute approximate surface area is 130 Å². The van der Waals surface area contributed by atoms with E-state index in [1.54, 1.807) is 0 Å². The quantitative estimate of drug-likeness (QED) is 0.566. The maximum Gasteiger partial charge on any atom is 0.350 e. The molecule has 0 amide bonds. The van der Waals surface area contributed by atoms with Crippen molar-refractivity contribution in [3.8, 4) is 5.75 Å². The minimum Gasteiger partial charge on any atom is -0.492 e. The molecule has 0 bridgehead atoms. The highest BCUT2D eigenvalue weighted by Crippen LogP contribution is 2.42. The highest BCUT2D eigenvalue weighted by atomic mass is 32.1. The molecule has 0 spiro atoms. The Morgan fingerprint density at radius 2 is 2.10 bits per heavy atom. The van der Waals surface area contributed by atoms with Gasteiger partial charge in [0.25, 0.3) is 0 Å². The summed E-state index contributed by atoms with van der Waals surface area (Å²) in [5, 5.41) is 4.04. The number of ether oxygens (including phenoxy) is 2. The molecule has 21 heavy (non-hydrogen) atoms. The Kier molecular flexibility index (Phi) is 6.77. The first-order chi connectivity index (χ1) is 9.92. The highest BCUT2D eigenvalue weighted by molar-refractivity contribution is 7.19. The largest absolute Gasteiger partial charge is 0.492 e. The summed E-state index contributed by atoms with van der Waals surface area (Å²) in [5.74, 6) is 0.0704. The third-order valence-electron chi connectivity index (χ3n) is 3.33. The van der Waals surface area contributed by atoms with Crippen LogP contribution in [0.1, 0.15) is 29.9 Å². The van der Waals surface area contributed by atoms with Crippen molar-refractivity contribution in [1.82, 2.24) is 4.90 Å². The Hall–Kier alpha value is -1.47. The Morgan fingerprint density at radius 3 is 2.62 bits per heavy atom. The van der Waals surface area contributed by atoms with Gasteiger partial charge in [-0.15, -0.1) is 11.3 Å². The molecule has 0 aromatic carbocycles. The number of carbonyl (C=O) groups is 1. The number of nitrogens with two attached hydrogens (primary N) is 1. The zero-order valence-electron chi connectivity index (χ0n) is 13.4. The van der Waals surface area contributed by atoms with E-state index in [1.165, 1.54) is 25.6 Å². The summed E-state index contributed by atoms with van der Waals surface area (Å²) >= 11 is 1.26. The normalized spacial score (nSPS) is 11.0. The SMILES string of the molecule is COC(=O)c1sc(NCCCN(C)C(C)C)c(OC)c1N. The topological polar surface area (TPSA) is 76.8 Å². The van der Waals surface area contributed by atoms with Gasteiger partial charge in [-0.2, -0.15) is 0 Å². The van der Waals surface area contributed by atoms with E-state index in [1.807, 2.05) is 0 Å². The molecule has 0 radical (unpaired) electrons. The van der Waals surface area contributed by atoms with Gasteiger partial charge < -0.3 is 25.4 Å². The van der Waals surface area contributed by atoms with Crippen molar-refractivity contribution in [2.45, 2.75) is 26.3 Å². The molecule has 0 saturated carbocycles. The van der Waals surface area contributed by atoms with Crippen LogP contribution >= 0.6 is 11.3 Å². The maximum absolute atomic E-state index is 11.6. The number of methoxy groups -OCH3 is 2. The monoisotopic (exact) mass is 315 g/mol. The zero-order chi connectivity index (χ0) is 16.0. The van der Waals surface area contributed by atoms with E-state index in [0.29, 0.717) is 22.4 Å². The number of hydrogen-bond acceptors (Lipinski definition) is 7. The molecule has 0 atom stereocenters. The molecule has 1 aromatic heterocycles. The fourth-order valence-electron chi connectivity index (χ4n) is 1.78. The van der Waals surface area contributed by atoms with Gasteiger partial charge in [0.2, 0.25) is 0 Å². The molecule has 120 valence electrons. The summed E-state index contributed by atoms with van der Waals surface area (Å²) in [5.41, 5.74) is 6.25. The Balaban J connectivity index is 2.64. The lowest BCUT2D eigenvalue weighted by molar-refractivity contribution is 0.0607. The number of esters is 1. The van der Waals surface area contributed by atoms with E-state index in [9.17, 15) is 4.79 Å². The summed E-state index contributed by atoms with van der Waals surface area (Å²) in [6.07, 6.45) is 0.989. The molecular weight excluding hydrogens is 290 g/mol. The number of nitrogens with zero attached hydrogens (tertiary/aromatic N) is 1. The molecule has 3 N–H and O–H groups in total. The number of anilines is 2. The van der Waals surface area contributed by atoms with Gasteiger partial charge in [0.1, 0.15) is 15.6 Å². The summed E-state index contributed by atoms with van der Waals surface area (Å²) in [7, 11) is 4.98. The van der Waals surface area contributed by atoms with Crippen molar-refractivity contribution < 1.29 is 14.3 Å². The molecule has 0 aliphatic heterocycles. The maximum atomic E-state index is 11.6. The lowest BCUT2D eigenvalue weighted by Gasteiger charge is -2.20. The molecule has 1 heterocycles. The Bertz CT molecular complexity index is 474.